The van der Waals surface area contributed by atoms with Crippen LogP contribution in [0, 0.1) is 5.82 Å². The maximum absolute atomic E-state index is 13.5. The standard InChI is InChI=1S/C13H21FN2O2S/c1-4-5-10(2)16-19(17,18)12-6-7-13(14)11(8-12)9-15-3/h6-8,10,15-16H,4-5,9H2,1-3H3. The molecule has 0 aromatic heterocycles. The third-order valence-electron chi connectivity index (χ3n) is 2.77. The highest BCUT2D eigenvalue weighted by atomic mass is 32.2. The molecule has 2 N–H and O–H groups in total. The first-order chi connectivity index (χ1) is 8.90. The number of rotatable bonds is 7. The Morgan fingerprint density at radius 3 is 2.63 bits per heavy atom. The van der Waals surface area contributed by atoms with E-state index in [4.69, 9.17) is 0 Å². The third-order valence-corrected chi connectivity index (χ3v) is 4.36. The van der Waals surface area contributed by atoms with Crippen LogP contribution in [-0.2, 0) is 16.6 Å². The monoisotopic (exact) mass is 288 g/mol. The minimum atomic E-state index is -3.58. The maximum atomic E-state index is 13.5. The average molecular weight is 288 g/mol. The molecule has 0 aliphatic heterocycles. The van der Waals surface area contributed by atoms with E-state index in [0.717, 1.165) is 12.8 Å². The van der Waals surface area contributed by atoms with Gasteiger partial charge >= 0.3 is 0 Å². The van der Waals surface area contributed by atoms with Crippen LogP contribution in [0.2, 0.25) is 0 Å². The lowest BCUT2D eigenvalue weighted by atomic mass is 10.2. The Bertz CT molecular complexity index is 517. The van der Waals surface area contributed by atoms with Crippen molar-refractivity contribution in [2.45, 2.75) is 44.2 Å². The molecule has 0 saturated carbocycles. The van der Waals surface area contributed by atoms with E-state index in [9.17, 15) is 12.8 Å². The van der Waals surface area contributed by atoms with E-state index >= 15 is 0 Å². The molecule has 1 aromatic carbocycles. The van der Waals surface area contributed by atoms with Gasteiger partial charge in [0.25, 0.3) is 0 Å². The van der Waals surface area contributed by atoms with Gasteiger partial charge in [0.1, 0.15) is 5.82 Å². The van der Waals surface area contributed by atoms with E-state index < -0.39 is 15.8 Å². The molecule has 0 fully saturated rings. The fourth-order valence-corrected chi connectivity index (χ4v) is 3.20. The molecule has 0 amide bonds. The van der Waals surface area contributed by atoms with Crippen molar-refractivity contribution in [3.63, 3.8) is 0 Å². The second-order valence-electron chi connectivity index (χ2n) is 4.59. The van der Waals surface area contributed by atoms with Gasteiger partial charge in [-0.2, -0.15) is 0 Å². The summed E-state index contributed by atoms with van der Waals surface area (Å²) in [6.45, 7) is 4.10. The number of hydrogen-bond donors (Lipinski definition) is 2. The van der Waals surface area contributed by atoms with Crippen molar-refractivity contribution < 1.29 is 12.8 Å². The first-order valence-electron chi connectivity index (χ1n) is 6.36. The molecule has 19 heavy (non-hydrogen) atoms. The average Bonchev–Trinajstić information content (AvgIpc) is 2.31. The van der Waals surface area contributed by atoms with Crippen LogP contribution >= 0.6 is 0 Å². The van der Waals surface area contributed by atoms with E-state index in [1.54, 1.807) is 7.05 Å². The van der Waals surface area contributed by atoms with E-state index in [0.29, 0.717) is 12.1 Å². The van der Waals surface area contributed by atoms with Crippen LogP contribution in [0.3, 0.4) is 0 Å². The highest BCUT2D eigenvalue weighted by molar-refractivity contribution is 7.89. The van der Waals surface area contributed by atoms with Crippen LogP contribution < -0.4 is 10.0 Å². The lowest BCUT2D eigenvalue weighted by Gasteiger charge is -2.14. The van der Waals surface area contributed by atoms with Gasteiger partial charge in [0.05, 0.1) is 4.90 Å². The summed E-state index contributed by atoms with van der Waals surface area (Å²) in [6.07, 6.45) is 1.67. The number of hydrogen-bond acceptors (Lipinski definition) is 3. The Hall–Kier alpha value is -0.980. The van der Waals surface area contributed by atoms with Crippen molar-refractivity contribution in [3.05, 3.63) is 29.6 Å². The molecule has 108 valence electrons. The number of halogens is 1. The van der Waals surface area contributed by atoms with Crippen LogP contribution in [0.15, 0.2) is 23.1 Å². The summed E-state index contributed by atoms with van der Waals surface area (Å²) < 4.78 is 40.3. The first-order valence-corrected chi connectivity index (χ1v) is 7.84. The van der Waals surface area contributed by atoms with Gasteiger partial charge in [0, 0.05) is 18.2 Å². The van der Waals surface area contributed by atoms with Crippen LogP contribution in [0.4, 0.5) is 4.39 Å². The Morgan fingerprint density at radius 2 is 2.05 bits per heavy atom. The van der Waals surface area contributed by atoms with Crippen LogP contribution in [0.1, 0.15) is 32.3 Å². The van der Waals surface area contributed by atoms with Gasteiger partial charge in [-0.25, -0.2) is 17.5 Å². The molecule has 0 bridgehead atoms. The maximum Gasteiger partial charge on any atom is 0.240 e. The van der Waals surface area contributed by atoms with Crippen LogP contribution in [0.25, 0.3) is 0 Å². The van der Waals surface area contributed by atoms with Gasteiger partial charge in [-0.15, -0.1) is 0 Å². The van der Waals surface area contributed by atoms with E-state index in [2.05, 4.69) is 10.0 Å². The second kappa shape index (κ2) is 6.98. The zero-order valence-electron chi connectivity index (χ0n) is 11.5. The summed E-state index contributed by atoms with van der Waals surface area (Å²) in [5.41, 5.74) is 0.341. The van der Waals surface area contributed by atoms with Crippen LogP contribution in [0.5, 0.6) is 0 Å². The van der Waals surface area contributed by atoms with Crippen molar-refractivity contribution in [2.24, 2.45) is 0 Å². The van der Waals surface area contributed by atoms with Crippen molar-refractivity contribution in [1.29, 1.82) is 0 Å². The molecule has 1 atom stereocenters. The second-order valence-corrected chi connectivity index (χ2v) is 6.31. The molecular weight excluding hydrogens is 267 g/mol. The molecule has 0 spiro atoms. The molecule has 1 rings (SSSR count). The molecular formula is C13H21FN2O2S. The first kappa shape index (κ1) is 16.1. The lowest BCUT2D eigenvalue weighted by Crippen LogP contribution is -2.32. The third kappa shape index (κ3) is 4.56. The van der Waals surface area contributed by atoms with Gasteiger partial charge in [0.2, 0.25) is 10.0 Å². The van der Waals surface area contributed by atoms with Gasteiger partial charge < -0.3 is 5.32 Å². The number of benzene rings is 1. The SMILES string of the molecule is CCCC(C)NS(=O)(=O)c1ccc(F)c(CNC)c1. The fraction of sp³-hybridized carbons (Fsp3) is 0.538. The summed E-state index contributed by atoms with van der Waals surface area (Å²) >= 11 is 0. The Kier molecular flexibility index (Phi) is 5.90. The smallest absolute Gasteiger partial charge is 0.240 e. The molecule has 0 saturated heterocycles. The Morgan fingerprint density at radius 1 is 1.37 bits per heavy atom. The minimum Gasteiger partial charge on any atom is -0.316 e. The summed E-state index contributed by atoms with van der Waals surface area (Å²) in [5.74, 6) is -0.407. The summed E-state index contributed by atoms with van der Waals surface area (Å²) in [4.78, 5) is 0.0992. The molecule has 0 heterocycles. The Balaban J connectivity index is 2.98. The predicted octanol–water partition coefficient (Wildman–Crippen LogP) is 2.01. The summed E-state index contributed by atoms with van der Waals surface area (Å²) in [5, 5.41) is 2.81. The minimum absolute atomic E-state index is 0.0992. The normalized spacial score (nSPS) is 13.5. The number of nitrogens with one attached hydrogen (secondary N) is 2. The Labute approximate surface area is 114 Å². The topological polar surface area (TPSA) is 58.2 Å². The van der Waals surface area contributed by atoms with E-state index in [-0.39, 0.29) is 10.9 Å². The molecule has 1 aromatic rings. The van der Waals surface area contributed by atoms with Gasteiger partial charge in [-0.1, -0.05) is 13.3 Å². The van der Waals surface area contributed by atoms with Gasteiger partial charge in [-0.05, 0) is 38.6 Å². The zero-order chi connectivity index (χ0) is 14.5. The molecule has 4 nitrogen and oxygen atoms in total. The predicted molar refractivity (Wildman–Crippen MR) is 73.9 cm³/mol. The van der Waals surface area contributed by atoms with Crippen molar-refractivity contribution in [2.75, 3.05) is 7.05 Å². The molecule has 0 aliphatic rings. The molecule has 6 heteroatoms. The lowest BCUT2D eigenvalue weighted by molar-refractivity contribution is 0.543. The van der Waals surface area contributed by atoms with E-state index in [1.807, 2.05) is 13.8 Å². The summed E-state index contributed by atoms with van der Waals surface area (Å²) in [6, 6.07) is 3.71. The molecule has 0 radical (unpaired) electrons. The van der Waals surface area contributed by atoms with E-state index in [1.165, 1.54) is 18.2 Å². The largest absolute Gasteiger partial charge is 0.316 e. The molecule has 0 aliphatic carbocycles. The summed E-state index contributed by atoms with van der Waals surface area (Å²) in [7, 11) is -1.90. The molecule has 1 unspecified atom stereocenters. The fourth-order valence-electron chi connectivity index (χ4n) is 1.87. The highest BCUT2D eigenvalue weighted by Gasteiger charge is 2.18. The van der Waals surface area contributed by atoms with Gasteiger partial charge in [-0.3, -0.25) is 0 Å². The van der Waals surface area contributed by atoms with Crippen molar-refractivity contribution >= 4 is 10.0 Å². The zero-order valence-corrected chi connectivity index (χ0v) is 12.3. The van der Waals surface area contributed by atoms with Crippen LogP contribution in [-0.4, -0.2) is 21.5 Å². The quantitative estimate of drug-likeness (QED) is 0.807. The van der Waals surface area contributed by atoms with Gasteiger partial charge in [0.15, 0.2) is 0 Å². The highest BCUT2D eigenvalue weighted by Crippen LogP contribution is 2.16. The van der Waals surface area contributed by atoms with Crippen molar-refractivity contribution in [3.8, 4) is 0 Å². The number of sulfonamides is 1. The van der Waals surface area contributed by atoms with Crippen molar-refractivity contribution in [1.82, 2.24) is 10.0 Å².